The Morgan fingerprint density at radius 3 is 2.81 bits per heavy atom. The van der Waals surface area contributed by atoms with Crippen molar-refractivity contribution in [1.29, 1.82) is 0 Å². The molecule has 2 aromatic rings. The third-order valence-corrected chi connectivity index (χ3v) is 5.52. The maximum atomic E-state index is 14.5. The van der Waals surface area contributed by atoms with Crippen molar-refractivity contribution in [2.45, 2.75) is 37.8 Å². The lowest BCUT2D eigenvalue weighted by atomic mass is 10.1. The van der Waals surface area contributed by atoms with Gasteiger partial charge in [0.2, 0.25) is 5.91 Å². The molecule has 142 valence electrons. The van der Waals surface area contributed by atoms with Crippen molar-refractivity contribution < 1.29 is 14.3 Å². The molecule has 1 aromatic heterocycles. The molecule has 1 aliphatic carbocycles. The summed E-state index contributed by atoms with van der Waals surface area (Å²) in [6.45, 7) is 1.64. The lowest BCUT2D eigenvalue weighted by Crippen LogP contribution is -2.36. The Morgan fingerprint density at radius 2 is 2.11 bits per heavy atom. The van der Waals surface area contributed by atoms with Crippen LogP contribution in [0.15, 0.2) is 42.7 Å². The van der Waals surface area contributed by atoms with Crippen molar-refractivity contribution in [2.24, 2.45) is 5.92 Å². The molecule has 27 heavy (non-hydrogen) atoms. The summed E-state index contributed by atoms with van der Waals surface area (Å²) in [5, 5.41) is 12.5. The van der Waals surface area contributed by atoms with E-state index in [-0.39, 0.29) is 29.7 Å². The average Bonchev–Trinajstić information content (AvgIpc) is 3.49. The van der Waals surface area contributed by atoms with Crippen LogP contribution in [0, 0.1) is 11.7 Å². The Balaban J connectivity index is 1.31. The lowest BCUT2D eigenvalue weighted by Gasteiger charge is -2.31. The summed E-state index contributed by atoms with van der Waals surface area (Å²) >= 11 is 0. The van der Waals surface area contributed by atoms with Gasteiger partial charge in [-0.1, -0.05) is 12.1 Å². The minimum Gasteiger partial charge on any atom is -0.393 e. The molecule has 0 spiro atoms. The van der Waals surface area contributed by atoms with Gasteiger partial charge in [0.15, 0.2) is 0 Å². The molecular formula is C21H24FN3O2. The van der Waals surface area contributed by atoms with Crippen molar-refractivity contribution in [1.82, 2.24) is 10.3 Å². The van der Waals surface area contributed by atoms with Crippen LogP contribution in [-0.4, -0.2) is 35.2 Å². The first-order valence-electron chi connectivity index (χ1n) is 9.51. The maximum absolute atomic E-state index is 14.5. The van der Waals surface area contributed by atoms with E-state index in [4.69, 9.17) is 0 Å². The summed E-state index contributed by atoms with van der Waals surface area (Å²) in [4.78, 5) is 18.4. The zero-order chi connectivity index (χ0) is 18.8. The molecular weight excluding hydrogens is 345 g/mol. The highest BCUT2D eigenvalue weighted by molar-refractivity contribution is 5.82. The summed E-state index contributed by atoms with van der Waals surface area (Å²) in [6, 6.07) is 9.00. The number of nitrogens with one attached hydrogen (secondary N) is 1. The molecule has 0 bridgehead atoms. The van der Waals surface area contributed by atoms with E-state index in [2.05, 4.69) is 10.3 Å². The number of nitrogens with zero attached hydrogens (tertiary/aromatic N) is 2. The molecule has 2 fully saturated rings. The van der Waals surface area contributed by atoms with Crippen LogP contribution in [0.25, 0.3) is 0 Å². The minimum atomic E-state index is -0.281. The third-order valence-electron chi connectivity index (χ3n) is 5.52. The monoisotopic (exact) mass is 369 g/mol. The number of pyridine rings is 1. The SMILES string of the molecule is O=C(NCc1ccc(N2CCC(O)CC2)c(F)c1)[C@@H]1C[C@H]1c1cccnc1. The van der Waals surface area contributed by atoms with E-state index >= 15 is 0 Å². The van der Waals surface area contributed by atoms with E-state index in [1.165, 1.54) is 6.07 Å². The van der Waals surface area contributed by atoms with Gasteiger partial charge in [-0.3, -0.25) is 9.78 Å². The predicted octanol–water partition coefficient (Wildman–Crippen LogP) is 2.60. The first-order valence-corrected chi connectivity index (χ1v) is 9.51. The van der Waals surface area contributed by atoms with Crippen molar-refractivity contribution in [3.8, 4) is 0 Å². The standard InChI is InChI=1S/C21H24FN3O2/c22-19-10-14(3-4-20(19)25-8-5-16(26)6-9-25)12-24-21(27)18-11-17(18)15-2-1-7-23-13-15/h1-4,7,10,13,16-18,26H,5-6,8-9,11-12H2,(H,24,27)/t17-,18+/m0/s1. The Bertz CT molecular complexity index is 806. The number of aliphatic hydroxyl groups is 1. The van der Waals surface area contributed by atoms with Crippen LogP contribution >= 0.6 is 0 Å². The summed E-state index contributed by atoms with van der Waals surface area (Å²) in [7, 11) is 0. The molecule has 2 N–H and O–H groups in total. The van der Waals surface area contributed by atoms with Crippen LogP contribution in [0.1, 0.15) is 36.3 Å². The summed E-state index contributed by atoms with van der Waals surface area (Å²) in [5.74, 6) is -0.0403. The fourth-order valence-electron chi connectivity index (χ4n) is 3.79. The molecule has 2 aliphatic rings. The first kappa shape index (κ1) is 17.9. The number of hydrogen-bond acceptors (Lipinski definition) is 4. The number of carbonyl (C=O) groups is 1. The van der Waals surface area contributed by atoms with E-state index in [1.54, 1.807) is 12.3 Å². The minimum absolute atomic E-state index is 0.0124. The number of aromatic nitrogens is 1. The van der Waals surface area contributed by atoms with Crippen LogP contribution in [0.4, 0.5) is 10.1 Å². The Kier molecular flexibility index (Phi) is 5.07. The van der Waals surface area contributed by atoms with Crippen molar-refractivity contribution in [3.05, 3.63) is 59.7 Å². The van der Waals surface area contributed by atoms with E-state index in [0.29, 0.717) is 38.2 Å². The van der Waals surface area contributed by atoms with Gasteiger partial charge in [0.05, 0.1) is 11.8 Å². The van der Waals surface area contributed by atoms with Gasteiger partial charge in [0.1, 0.15) is 5.82 Å². The highest BCUT2D eigenvalue weighted by Gasteiger charge is 2.43. The second kappa shape index (κ2) is 7.64. The molecule has 0 unspecified atom stereocenters. The normalized spacial score (nSPS) is 22.5. The van der Waals surface area contributed by atoms with Gasteiger partial charge in [-0.05, 0) is 54.5 Å². The number of amides is 1. The summed E-state index contributed by atoms with van der Waals surface area (Å²) in [5.41, 5.74) is 2.41. The number of rotatable bonds is 5. The molecule has 1 aromatic carbocycles. The van der Waals surface area contributed by atoms with Crippen LogP contribution < -0.4 is 10.2 Å². The van der Waals surface area contributed by atoms with E-state index < -0.39 is 0 Å². The second-order valence-electron chi connectivity index (χ2n) is 7.46. The Morgan fingerprint density at radius 1 is 1.30 bits per heavy atom. The van der Waals surface area contributed by atoms with Crippen molar-refractivity contribution >= 4 is 11.6 Å². The smallest absolute Gasteiger partial charge is 0.224 e. The van der Waals surface area contributed by atoms with E-state index in [0.717, 1.165) is 17.5 Å². The second-order valence-corrected chi connectivity index (χ2v) is 7.46. The molecule has 2 heterocycles. The zero-order valence-electron chi connectivity index (χ0n) is 15.1. The number of carbonyl (C=O) groups excluding carboxylic acids is 1. The van der Waals surface area contributed by atoms with Crippen LogP contribution in [0.5, 0.6) is 0 Å². The van der Waals surface area contributed by atoms with Gasteiger partial charge >= 0.3 is 0 Å². The number of hydrogen-bond donors (Lipinski definition) is 2. The molecule has 4 rings (SSSR count). The van der Waals surface area contributed by atoms with Crippen molar-refractivity contribution in [3.63, 3.8) is 0 Å². The van der Waals surface area contributed by atoms with Gasteiger partial charge in [-0.15, -0.1) is 0 Å². The molecule has 6 heteroatoms. The van der Waals surface area contributed by atoms with Gasteiger partial charge in [-0.25, -0.2) is 4.39 Å². The molecule has 1 saturated carbocycles. The van der Waals surface area contributed by atoms with Crippen LogP contribution in [-0.2, 0) is 11.3 Å². The fraction of sp³-hybridized carbons (Fsp3) is 0.429. The van der Waals surface area contributed by atoms with Gasteiger partial charge in [-0.2, -0.15) is 0 Å². The quantitative estimate of drug-likeness (QED) is 0.850. The zero-order valence-corrected chi connectivity index (χ0v) is 15.1. The molecule has 0 radical (unpaired) electrons. The topological polar surface area (TPSA) is 65.5 Å². The van der Waals surface area contributed by atoms with Gasteiger partial charge < -0.3 is 15.3 Å². The molecule has 5 nitrogen and oxygen atoms in total. The van der Waals surface area contributed by atoms with E-state index in [9.17, 15) is 14.3 Å². The van der Waals surface area contributed by atoms with Crippen LogP contribution in [0.2, 0.25) is 0 Å². The number of benzene rings is 1. The van der Waals surface area contributed by atoms with Gasteiger partial charge in [0.25, 0.3) is 0 Å². The predicted molar refractivity (Wildman–Crippen MR) is 101 cm³/mol. The number of aliphatic hydroxyl groups excluding tert-OH is 1. The molecule has 1 aliphatic heterocycles. The third kappa shape index (κ3) is 4.11. The average molecular weight is 369 g/mol. The largest absolute Gasteiger partial charge is 0.393 e. The summed E-state index contributed by atoms with van der Waals surface area (Å²) in [6.07, 6.45) is 5.42. The van der Waals surface area contributed by atoms with Crippen molar-refractivity contribution in [2.75, 3.05) is 18.0 Å². The first-order chi connectivity index (χ1) is 13.1. The number of anilines is 1. The highest BCUT2D eigenvalue weighted by atomic mass is 19.1. The van der Waals surface area contributed by atoms with Gasteiger partial charge in [0, 0.05) is 37.9 Å². The Labute approximate surface area is 158 Å². The lowest BCUT2D eigenvalue weighted by molar-refractivity contribution is -0.122. The molecule has 1 amide bonds. The maximum Gasteiger partial charge on any atom is 0.224 e. The van der Waals surface area contributed by atoms with E-state index in [1.807, 2.05) is 29.3 Å². The number of piperidine rings is 1. The molecule has 1 saturated heterocycles. The number of halogens is 1. The molecule has 2 atom stereocenters. The fourth-order valence-corrected chi connectivity index (χ4v) is 3.79. The van der Waals surface area contributed by atoms with Crippen LogP contribution in [0.3, 0.4) is 0 Å². The Hall–Kier alpha value is -2.47. The highest BCUT2D eigenvalue weighted by Crippen LogP contribution is 2.47. The summed E-state index contributed by atoms with van der Waals surface area (Å²) < 4.78 is 14.5.